The van der Waals surface area contributed by atoms with Crippen molar-refractivity contribution in [1.82, 2.24) is 4.98 Å². The molecule has 0 fully saturated rings. The van der Waals surface area contributed by atoms with Crippen LogP contribution in [0.1, 0.15) is 40.2 Å². The van der Waals surface area contributed by atoms with Crippen LogP contribution in [0.2, 0.25) is 0 Å². The third-order valence-corrected chi connectivity index (χ3v) is 2.91. The van der Waals surface area contributed by atoms with E-state index >= 15 is 0 Å². The lowest BCUT2D eigenvalue weighted by Gasteiger charge is -2.29. The van der Waals surface area contributed by atoms with Crippen molar-refractivity contribution in [3.8, 4) is 5.75 Å². The molecule has 2 N–H and O–H groups in total. The molecule has 1 heterocycles. The number of aromatic nitrogens is 1. The van der Waals surface area contributed by atoms with Crippen LogP contribution in [0.5, 0.6) is 5.75 Å². The second kappa shape index (κ2) is 4.83. The van der Waals surface area contributed by atoms with Crippen LogP contribution < -0.4 is 10.5 Å². The van der Waals surface area contributed by atoms with Crippen molar-refractivity contribution in [1.29, 1.82) is 0 Å². The van der Waals surface area contributed by atoms with Gasteiger partial charge >= 0.3 is 0 Å². The quantitative estimate of drug-likeness (QED) is 0.852. The monoisotopic (exact) mass is 222 g/mol. The molecule has 1 aromatic rings. The third-order valence-electron chi connectivity index (χ3n) is 2.91. The fraction of sp³-hybridized carbons (Fsp3) is 0.615. The molecule has 1 rings (SSSR count). The van der Waals surface area contributed by atoms with Gasteiger partial charge in [-0.25, -0.2) is 0 Å². The molecule has 0 spiro atoms. The van der Waals surface area contributed by atoms with Gasteiger partial charge in [0.15, 0.2) is 0 Å². The highest BCUT2D eigenvalue weighted by atomic mass is 16.5. The summed E-state index contributed by atoms with van der Waals surface area (Å²) in [5.41, 5.74) is 6.93. The van der Waals surface area contributed by atoms with E-state index in [9.17, 15) is 0 Å². The van der Waals surface area contributed by atoms with Crippen LogP contribution in [0.25, 0.3) is 0 Å². The molecule has 0 aliphatic carbocycles. The van der Waals surface area contributed by atoms with Crippen LogP contribution in [0.4, 0.5) is 0 Å². The zero-order valence-corrected chi connectivity index (χ0v) is 10.8. The molecule has 0 bridgehead atoms. The Bertz CT molecular complexity index is 346. The highest BCUT2D eigenvalue weighted by Gasteiger charge is 2.26. The molecule has 0 amide bonds. The molecule has 1 aromatic heterocycles. The minimum atomic E-state index is -0.372. The van der Waals surface area contributed by atoms with Crippen molar-refractivity contribution in [2.24, 2.45) is 11.7 Å². The molecule has 0 saturated carbocycles. The molecule has 0 radical (unpaired) electrons. The molecule has 3 heteroatoms. The third kappa shape index (κ3) is 2.95. The summed E-state index contributed by atoms with van der Waals surface area (Å²) in [5, 5.41) is 0. The summed E-state index contributed by atoms with van der Waals surface area (Å²) in [6.07, 6.45) is 3.69. The lowest BCUT2D eigenvalue weighted by atomic mass is 9.83. The fourth-order valence-electron chi connectivity index (χ4n) is 1.38. The number of rotatable bonds is 4. The zero-order valence-electron chi connectivity index (χ0n) is 10.8. The minimum absolute atomic E-state index is 0.153. The molecule has 0 saturated heterocycles. The van der Waals surface area contributed by atoms with E-state index in [4.69, 9.17) is 10.5 Å². The van der Waals surface area contributed by atoms with Gasteiger partial charge in [-0.1, -0.05) is 13.8 Å². The molecule has 0 aliphatic heterocycles. The van der Waals surface area contributed by atoms with Crippen molar-refractivity contribution in [3.05, 3.63) is 24.0 Å². The largest absolute Gasteiger partial charge is 0.489 e. The normalized spacial score (nSPS) is 15.2. The summed E-state index contributed by atoms with van der Waals surface area (Å²) in [4.78, 5) is 4.18. The van der Waals surface area contributed by atoms with Gasteiger partial charge in [0, 0.05) is 11.7 Å². The fourth-order valence-corrected chi connectivity index (χ4v) is 1.38. The molecular weight excluding hydrogens is 200 g/mol. The summed E-state index contributed by atoms with van der Waals surface area (Å²) in [7, 11) is 0. The van der Waals surface area contributed by atoms with Crippen LogP contribution in [0.15, 0.2) is 18.5 Å². The molecule has 3 nitrogen and oxygen atoms in total. The van der Waals surface area contributed by atoms with Crippen molar-refractivity contribution in [2.75, 3.05) is 0 Å². The minimum Gasteiger partial charge on any atom is -0.489 e. The molecule has 1 atom stereocenters. The molecule has 0 aliphatic rings. The molecule has 0 aromatic carbocycles. The summed E-state index contributed by atoms with van der Waals surface area (Å²) in [6.45, 7) is 10.2. The van der Waals surface area contributed by atoms with Gasteiger partial charge in [-0.3, -0.25) is 4.98 Å². The summed E-state index contributed by atoms with van der Waals surface area (Å²) >= 11 is 0. The van der Waals surface area contributed by atoms with Gasteiger partial charge in [0.1, 0.15) is 5.75 Å². The number of nitrogens with zero attached hydrogens (tertiary/aromatic N) is 1. The van der Waals surface area contributed by atoms with E-state index in [-0.39, 0.29) is 11.6 Å². The Morgan fingerprint density at radius 3 is 2.38 bits per heavy atom. The zero-order chi connectivity index (χ0) is 12.3. The average Bonchev–Trinajstić information content (AvgIpc) is 2.16. The predicted octanol–water partition coefficient (Wildman–Crippen LogP) is 2.70. The van der Waals surface area contributed by atoms with Crippen molar-refractivity contribution < 1.29 is 4.74 Å². The molecule has 1 unspecified atom stereocenters. The van der Waals surface area contributed by atoms with E-state index in [0.717, 1.165) is 11.3 Å². The SMILES string of the molecule is CC(C)Oc1cncc(C(C)(N)C(C)C)c1. The van der Waals surface area contributed by atoms with Crippen molar-refractivity contribution in [2.45, 2.75) is 46.3 Å². The Morgan fingerprint density at radius 1 is 1.25 bits per heavy atom. The highest BCUT2D eigenvalue weighted by Crippen LogP contribution is 2.28. The number of nitrogens with two attached hydrogens (primary N) is 1. The van der Waals surface area contributed by atoms with Gasteiger partial charge in [0.25, 0.3) is 0 Å². The Balaban J connectivity index is 2.98. The van der Waals surface area contributed by atoms with Gasteiger partial charge in [0.05, 0.1) is 12.3 Å². The van der Waals surface area contributed by atoms with Gasteiger partial charge in [-0.2, -0.15) is 0 Å². The lowest BCUT2D eigenvalue weighted by Crippen LogP contribution is -2.38. The van der Waals surface area contributed by atoms with Crippen molar-refractivity contribution in [3.63, 3.8) is 0 Å². The first kappa shape index (κ1) is 13.0. The predicted molar refractivity (Wildman–Crippen MR) is 66.4 cm³/mol. The Kier molecular flexibility index (Phi) is 3.92. The van der Waals surface area contributed by atoms with Crippen LogP contribution in [-0.4, -0.2) is 11.1 Å². The maximum absolute atomic E-state index is 6.28. The van der Waals surface area contributed by atoms with E-state index in [1.54, 1.807) is 6.20 Å². The molecule has 90 valence electrons. The van der Waals surface area contributed by atoms with E-state index in [1.165, 1.54) is 0 Å². The highest BCUT2D eigenvalue weighted by molar-refractivity contribution is 5.29. The molecule has 16 heavy (non-hydrogen) atoms. The van der Waals surface area contributed by atoms with Crippen LogP contribution in [0.3, 0.4) is 0 Å². The topological polar surface area (TPSA) is 48.1 Å². The van der Waals surface area contributed by atoms with Gasteiger partial charge in [-0.05, 0) is 38.3 Å². The van der Waals surface area contributed by atoms with Crippen LogP contribution in [-0.2, 0) is 5.54 Å². The molecular formula is C13H22N2O. The second-order valence-electron chi connectivity index (χ2n) is 5.01. The first-order valence-electron chi connectivity index (χ1n) is 5.75. The summed E-state index contributed by atoms with van der Waals surface area (Å²) < 4.78 is 5.61. The Hall–Kier alpha value is -1.09. The number of ether oxygens (including phenoxy) is 1. The Labute approximate surface area is 98.0 Å². The van der Waals surface area contributed by atoms with Crippen molar-refractivity contribution >= 4 is 0 Å². The average molecular weight is 222 g/mol. The van der Waals surface area contributed by atoms with E-state index in [1.807, 2.05) is 33.0 Å². The number of hydrogen-bond donors (Lipinski definition) is 1. The standard InChI is InChI=1S/C13H22N2O/c1-9(2)13(5,14)11-6-12(8-15-7-11)16-10(3)4/h6-10H,14H2,1-5H3. The summed E-state index contributed by atoms with van der Waals surface area (Å²) in [5.74, 6) is 1.13. The maximum atomic E-state index is 6.28. The maximum Gasteiger partial charge on any atom is 0.138 e. The first-order chi connectivity index (χ1) is 7.34. The second-order valence-corrected chi connectivity index (χ2v) is 5.01. The van der Waals surface area contributed by atoms with E-state index in [2.05, 4.69) is 18.8 Å². The first-order valence-corrected chi connectivity index (χ1v) is 5.75. The van der Waals surface area contributed by atoms with Crippen LogP contribution in [0, 0.1) is 5.92 Å². The number of hydrogen-bond acceptors (Lipinski definition) is 3. The van der Waals surface area contributed by atoms with Gasteiger partial charge in [0.2, 0.25) is 0 Å². The van der Waals surface area contributed by atoms with Crippen LogP contribution >= 0.6 is 0 Å². The lowest BCUT2D eigenvalue weighted by molar-refractivity contribution is 0.240. The summed E-state index contributed by atoms with van der Waals surface area (Å²) in [6, 6.07) is 1.98. The smallest absolute Gasteiger partial charge is 0.138 e. The van der Waals surface area contributed by atoms with E-state index in [0.29, 0.717) is 5.92 Å². The van der Waals surface area contributed by atoms with Gasteiger partial charge < -0.3 is 10.5 Å². The Morgan fingerprint density at radius 2 is 1.88 bits per heavy atom. The van der Waals surface area contributed by atoms with Gasteiger partial charge in [-0.15, -0.1) is 0 Å². The number of pyridine rings is 1. The van der Waals surface area contributed by atoms with E-state index < -0.39 is 0 Å².